The molecule has 0 aromatic rings. The van der Waals surface area contributed by atoms with E-state index < -0.39 is 0 Å². The Morgan fingerprint density at radius 1 is 0.429 bits per heavy atom. The molecule has 1 aliphatic rings. The average Bonchev–Trinajstić information content (AvgIpc) is 2.22. The summed E-state index contributed by atoms with van der Waals surface area (Å²) in [5, 5.41) is 0. The molecule has 0 atom stereocenters. The lowest BCUT2D eigenvalue weighted by Gasteiger charge is -1.87. The van der Waals surface area contributed by atoms with Gasteiger partial charge < -0.3 is 0 Å². The van der Waals surface area contributed by atoms with Crippen molar-refractivity contribution < 1.29 is 0 Å². The summed E-state index contributed by atoms with van der Waals surface area (Å²) in [6, 6.07) is 0. The van der Waals surface area contributed by atoms with Crippen LogP contribution in [0.5, 0.6) is 0 Å². The fraction of sp³-hybridized carbons (Fsp3) is 0.286. The average molecular weight is 186 g/mol. The summed E-state index contributed by atoms with van der Waals surface area (Å²) in [6.45, 7) is 0. The Balaban J connectivity index is 2.45. The van der Waals surface area contributed by atoms with Crippen LogP contribution in [0.4, 0.5) is 0 Å². The molecule has 0 N–H and O–H groups in total. The van der Waals surface area contributed by atoms with Crippen LogP contribution in [0, 0.1) is 0 Å². The summed E-state index contributed by atoms with van der Waals surface area (Å²) in [4.78, 5) is 0. The van der Waals surface area contributed by atoms with Crippen LogP contribution in [0.2, 0.25) is 0 Å². The Kier molecular flexibility index (Phi) is 6.39. The van der Waals surface area contributed by atoms with E-state index in [9.17, 15) is 0 Å². The summed E-state index contributed by atoms with van der Waals surface area (Å²) in [6.07, 6.45) is 26.0. The number of rotatable bonds is 0. The molecule has 1 rings (SSSR count). The van der Waals surface area contributed by atoms with Gasteiger partial charge in [-0.15, -0.1) is 0 Å². The molecule has 0 fully saturated rings. The van der Waals surface area contributed by atoms with Crippen LogP contribution in [0.25, 0.3) is 0 Å². The van der Waals surface area contributed by atoms with Crippen molar-refractivity contribution in [2.24, 2.45) is 0 Å². The number of hydrogen-bond donors (Lipinski definition) is 0. The molecule has 0 aromatic heterocycles. The van der Waals surface area contributed by atoms with E-state index in [0.717, 1.165) is 25.7 Å². The third-order valence-electron chi connectivity index (χ3n) is 1.98. The zero-order valence-corrected chi connectivity index (χ0v) is 8.60. The molecule has 0 radical (unpaired) electrons. The first-order valence-electron chi connectivity index (χ1n) is 5.28. The van der Waals surface area contributed by atoms with Gasteiger partial charge in [0.15, 0.2) is 0 Å². The zero-order valence-electron chi connectivity index (χ0n) is 8.60. The second-order valence-electron chi connectivity index (χ2n) is 3.23. The first-order valence-corrected chi connectivity index (χ1v) is 5.28. The molecule has 0 aromatic carbocycles. The molecular weight excluding hydrogens is 168 g/mol. The van der Waals surface area contributed by atoms with Gasteiger partial charge in [-0.25, -0.2) is 0 Å². The maximum atomic E-state index is 2.24. The minimum Gasteiger partial charge on any atom is -0.0879 e. The van der Waals surface area contributed by atoms with Crippen molar-refractivity contribution >= 4 is 0 Å². The van der Waals surface area contributed by atoms with Crippen molar-refractivity contribution in [2.75, 3.05) is 0 Å². The van der Waals surface area contributed by atoms with Gasteiger partial charge in [-0.2, -0.15) is 0 Å². The van der Waals surface area contributed by atoms with Gasteiger partial charge in [-0.3, -0.25) is 0 Å². The molecule has 0 bridgehead atoms. The molecule has 74 valence electrons. The molecule has 0 heteroatoms. The predicted octanol–water partition coefficient (Wildman–Crippen LogP) is 4.34. The molecule has 1 aliphatic carbocycles. The quantitative estimate of drug-likeness (QED) is 0.494. The third-order valence-corrected chi connectivity index (χ3v) is 1.98. The Morgan fingerprint density at radius 2 is 0.929 bits per heavy atom. The fourth-order valence-electron chi connectivity index (χ4n) is 1.21. The number of hydrogen-bond acceptors (Lipinski definition) is 0. The maximum absolute atomic E-state index is 2.24. The largest absolute Gasteiger partial charge is 0.0879 e. The first-order chi connectivity index (χ1) is 7.00. The number of allylic oxidation sites excluding steroid dienone is 10. The molecule has 0 saturated carbocycles. The van der Waals surface area contributed by atoms with Gasteiger partial charge >= 0.3 is 0 Å². The van der Waals surface area contributed by atoms with Crippen LogP contribution in [0.1, 0.15) is 25.7 Å². The second-order valence-corrected chi connectivity index (χ2v) is 3.23. The Bertz CT molecular complexity index is 262. The Hall–Kier alpha value is -1.30. The summed E-state index contributed by atoms with van der Waals surface area (Å²) in [5.41, 5.74) is 0. The highest BCUT2D eigenvalue weighted by Gasteiger charge is 1.76. The SMILES string of the molecule is C1=C\C/C=C/C=C/C/C=C\CC/C=C/1. The van der Waals surface area contributed by atoms with Gasteiger partial charge in [0.05, 0.1) is 0 Å². The monoisotopic (exact) mass is 186 g/mol. The van der Waals surface area contributed by atoms with E-state index >= 15 is 0 Å². The van der Waals surface area contributed by atoms with Gasteiger partial charge in [0.2, 0.25) is 0 Å². The predicted molar refractivity (Wildman–Crippen MR) is 64.2 cm³/mol. The van der Waals surface area contributed by atoms with Crippen LogP contribution in [-0.2, 0) is 0 Å². The van der Waals surface area contributed by atoms with E-state index in [0.29, 0.717) is 0 Å². The smallest absolute Gasteiger partial charge is 0.0163 e. The van der Waals surface area contributed by atoms with Crippen LogP contribution in [-0.4, -0.2) is 0 Å². The second kappa shape index (κ2) is 8.31. The highest BCUT2D eigenvalue weighted by Crippen LogP contribution is 1.97. The standard InChI is InChI=1S/C14H18/c1-2-4-6-8-10-12-14-13-11-9-7-5-3-1/h1-4,7-11,13H,5-6,12,14H2/b3-1+,4-2+,9-7-,10-8-,13-11+. The van der Waals surface area contributed by atoms with Crippen molar-refractivity contribution in [1.82, 2.24) is 0 Å². The van der Waals surface area contributed by atoms with Gasteiger partial charge in [0.25, 0.3) is 0 Å². The highest BCUT2D eigenvalue weighted by molar-refractivity contribution is 5.10. The highest BCUT2D eigenvalue weighted by atomic mass is 13.8. The lowest BCUT2D eigenvalue weighted by Crippen LogP contribution is -1.66. The summed E-state index contributed by atoms with van der Waals surface area (Å²) < 4.78 is 0. The molecule has 0 aliphatic heterocycles. The molecule has 0 nitrogen and oxygen atoms in total. The topological polar surface area (TPSA) is 0 Å². The van der Waals surface area contributed by atoms with Gasteiger partial charge in [0, 0.05) is 0 Å². The van der Waals surface area contributed by atoms with Crippen LogP contribution in [0.3, 0.4) is 0 Å². The third kappa shape index (κ3) is 6.24. The summed E-state index contributed by atoms with van der Waals surface area (Å²) >= 11 is 0. The van der Waals surface area contributed by atoms with Crippen molar-refractivity contribution in [3.05, 3.63) is 60.8 Å². The molecule has 0 heterocycles. The zero-order chi connectivity index (χ0) is 9.90. The van der Waals surface area contributed by atoms with E-state index in [-0.39, 0.29) is 0 Å². The van der Waals surface area contributed by atoms with Crippen molar-refractivity contribution in [3.8, 4) is 0 Å². The molecule has 0 unspecified atom stereocenters. The fourth-order valence-corrected chi connectivity index (χ4v) is 1.21. The van der Waals surface area contributed by atoms with E-state index in [4.69, 9.17) is 0 Å². The summed E-state index contributed by atoms with van der Waals surface area (Å²) in [5.74, 6) is 0. The summed E-state index contributed by atoms with van der Waals surface area (Å²) in [7, 11) is 0. The minimum atomic E-state index is 1.02. The minimum absolute atomic E-state index is 1.02. The molecule has 0 amide bonds. The van der Waals surface area contributed by atoms with Crippen molar-refractivity contribution in [1.29, 1.82) is 0 Å². The van der Waals surface area contributed by atoms with Crippen LogP contribution in [0.15, 0.2) is 60.8 Å². The van der Waals surface area contributed by atoms with Gasteiger partial charge in [0.1, 0.15) is 0 Å². The van der Waals surface area contributed by atoms with E-state index in [2.05, 4.69) is 60.8 Å². The molecule has 0 saturated heterocycles. The van der Waals surface area contributed by atoms with Crippen LogP contribution < -0.4 is 0 Å². The lowest BCUT2D eigenvalue weighted by molar-refractivity contribution is 1.04. The Morgan fingerprint density at radius 3 is 1.64 bits per heavy atom. The van der Waals surface area contributed by atoms with Crippen LogP contribution >= 0.6 is 0 Å². The van der Waals surface area contributed by atoms with Gasteiger partial charge in [-0.05, 0) is 25.7 Å². The normalized spacial score (nSPS) is 29.7. The molecule has 0 spiro atoms. The van der Waals surface area contributed by atoms with E-state index in [1.165, 1.54) is 0 Å². The first kappa shape index (κ1) is 10.8. The lowest BCUT2D eigenvalue weighted by atomic mass is 10.2. The maximum Gasteiger partial charge on any atom is -0.0163 e. The Labute approximate surface area is 87.0 Å². The van der Waals surface area contributed by atoms with Gasteiger partial charge in [-0.1, -0.05) is 60.8 Å². The van der Waals surface area contributed by atoms with E-state index in [1.54, 1.807) is 0 Å². The molecule has 14 heavy (non-hydrogen) atoms. The van der Waals surface area contributed by atoms with Crippen molar-refractivity contribution in [3.63, 3.8) is 0 Å². The van der Waals surface area contributed by atoms with E-state index in [1.807, 2.05) is 0 Å². The molecular formula is C14H18. The van der Waals surface area contributed by atoms with Crippen molar-refractivity contribution in [2.45, 2.75) is 25.7 Å².